The highest BCUT2D eigenvalue weighted by atomic mass is 16.5. The third-order valence-corrected chi connectivity index (χ3v) is 7.92. The predicted molar refractivity (Wildman–Crippen MR) is 103 cm³/mol. The fourth-order valence-corrected chi connectivity index (χ4v) is 7.16. The summed E-state index contributed by atoms with van der Waals surface area (Å²) in [5.74, 6) is 1.16. The minimum absolute atomic E-state index is 0.161. The van der Waals surface area contributed by atoms with E-state index < -0.39 is 23.2 Å². The zero-order valence-corrected chi connectivity index (χ0v) is 16.6. The Morgan fingerprint density at radius 1 is 0.966 bits per heavy atom. The monoisotopic (exact) mass is 388 g/mol. The van der Waals surface area contributed by atoms with E-state index in [2.05, 4.69) is 12.1 Å². The molecule has 5 heteroatoms. The standard InChI is InChI=1S/C24H24N2O3/c1-14(27)29-19-4-2-18(3-5-19)20-21(24(20,12-25)13-26)22(28)23-9-15-6-16(10-23)8-17(7-15)11-23/h2-5,15-17,20-21H,6-11H2,1H3/t15?,16?,17?,20-,21-,23?/m0/s1. The molecule has 1 aromatic carbocycles. The van der Waals surface area contributed by atoms with E-state index in [-0.39, 0.29) is 11.2 Å². The van der Waals surface area contributed by atoms with Crippen LogP contribution in [0.25, 0.3) is 0 Å². The Morgan fingerprint density at radius 3 is 1.93 bits per heavy atom. The van der Waals surface area contributed by atoms with Gasteiger partial charge in [-0.3, -0.25) is 9.59 Å². The number of ether oxygens (including phenoxy) is 1. The third kappa shape index (κ3) is 2.64. The minimum atomic E-state index is -1.27. The summed E-state index contributed by atoms with van der Waals surface area (Å²) in [5.41, 5.74) is -0.791. The van der Waals surface area contributed by atoms with Crippen molar-refractivity contribution in [2.45, 2.75) is 51.4 Å². The number of carbonyl (C=O) groups excluding carboxylic acids is 2. The fraction of sp³-hybridized carbons (Fsp3) is 0.583. The number of nitrogens with zero attached hydrogens (tertiary/aromatic N) is 2. The van der Waals surface area contributed by atoms with Gasteiger partial charge in [0.05, 0.1) is 18.1 Å². The molecule has 0 heterocycles. The lowest BCUT2D eigenvalue weighted by atomic mass is 9.48. The summed E-state index contributed by atoms with van der Waals surface area (Å²) in [6.07, 6.45) is 6.58. The van der Waals surface area contributed by atoms with E-state index in [1.54, 1.807) is 24.3 Å². The minimum Gasteiger partial charge on any atom is -0.427 e. The molecule has 5 aliphatic rings. The van der Waals surface area contributed by atoms with Crippen LogP contribution in [0, 0.1) is 57.2 Å². The van der Waals surface area contributed by atoms with Crippen molar-refractivity contribution < 1.29 is 14.3 Å². The van der Waals surface area contributed by atoms with Crippen molar-refractivity contribution in [3.63, 3.8) is 0 Å². The van der Waals surface area contributed by atoms with Crippen LogP contribution in [-0.2, 0) is 9.59 Å². The Bertz CT molecular complexity index is 916. The van der Waals surface area contributed by atoms with Crippen LogP contribution >= 0.6 is 0 Å². The maximum atomic E-state index is 13.8. The highest BCUT2D eigenvalue weighted by molar-refractivity contribution is 5.94. The van der Waals surface area contributed by atoms with Gasteiger partial charge in [-0.2, -0.15) is 10.5 Å². The molecule has 148 valence electrons. The van der Waals surface area contributed by atoms with Gasteiger partial charge in [0.25, 0.3) is 0 Å². The second kappa shape index (κ2) is 6.17. The Balaban J connectivity index is 1.45. The molecule has 0 aromatic heterocycles. The van der Waals surface area contributed by atoms with Gasteiger partial charge in [-0.1, -0.05) is 12.1 Å². The van der Waals surface area contributed by atoms with E-state index >= 15 is 0 Å². The van der Waals surface area contributed by atoms with Gasteiger partial charge in [0.15, 0.2) is 5.41 Å². The number of Topliss-reactive ketones (excluding diaryl/α,β-unsaturated/α-hetero) is 1. The lowest BCUT2D eigenvalue weighted by molar-refractivity contribution is -0.145. The molecule has 5 saturated carbocycles. The van der Waals surface area contributed by atoms with E-state index in [1.165, 1.54) is 26.2 Å². The number of nitriles is 2. The number of hydrogen-bond acceptors (Lipinski definition) is 5. The van der Waals surface area contributed by atoms with E-state index in [9.17, 15) is 20.1 Å². The summed E-state index contributed by atoms with van der Waals surface area (Å²) in [7, 11) is 0. The molecule has 0 saturated heterocycles. The van der Waals surface area contributed by atoms with Gasteiger partial charge in [0, 0.05) is 18.3 Å². The summed E-state index contributed by atoms with van der Waals surface area (Å²) in [6, 6.07) is 11.3. The first-order chi connectivity index (χ1) is 13.9. The molecule has 5 aliphatic carbocycles. The summed E-state index contributed by atoms with van der Waals surface area (Å²) in [4.78, 5) is 25.0. The van der Waals surface area contributed by atoms with Gasteiger partial charge >= 0.3 is 5.97 Å². The molecule has 2 atom stereocenters. The highest BCUT2D eigenvalue weighted by Gasteiger charge is 2.73. The van der Waals surface area contributed by atoms with Crippen LogP contribution in [0.2, 0.25) is 0 Å². The zero-order chi connectivity index (χ0) is 20.4. The number of esters is 1. The van der Waals surface area contributed by atoms with E-state index in [1.807, 2.05) is 0 Å². The SMILES string of the molecule is CC(=O)Oc1ccc([C@H]2[C@@H](C(=O)C34CC5CC(CC(C5)C3)C4)C2(C#N)C#N)cc1. The first kappa shape index (κ1) is 18.4. The van der Waals surface area contributed by atoms with Crippen molar-refractivity contribution in [2.75, 3.05) is 0 Å². The van der Waals surface area contributed by atoms with Crippen LogP contribution in [0.15, 0.2) is 24.3 Å². The maximum Gasteiger partial charge on any atom is 0.308 e. The molecule has 29 heavy (non-hydrogen) atoms. The van der Waals surface area contributed by atoms with Crippen LogP contribution in [0.4, 0.5) is 0 Å². The molecule has 0 spiro atoms. The van der Waals surface area contributed by atoms with E-state index in [0.29, 0.717) is 23.5 Å². The van der Waals surface area contributed by atoms with Gasteiger partial charge in [0.2, 0.25) is 0 Å². The summed E-state index contributed by atoms with van der Waals surface area (Å²) < 4.78 is 5.08. The Kier molecular flexibility index (Phi) is 3.91. The molecule has 6 rings (SSSR count). The second-order valence-electron chi connectivity index (χ2n) is 9.77. The Hall–Kier alpha value is -2.66. The topological polar surface area (TPSA) is 90.9 Å². The molecule has 5 fully saturated rings. The first-order valence-corrected chi connectivity index (χ1v) is 10.6. The van der Waals surface area contributed by atoms with Crippen molar-refractivity contribution in [1.82, 2.24) is 0 Å². The summed E-state index contributed by atoms with van der Waals surface area (Å²) in [5, 5.41) is 19.7. The fourth-order valence-electron chi connectivity index (χ4n) is 7.16. The van der Waals surface area contributed by atoms with Crippen LogP contribution in [-0.4, -0.2) is 11.8 Å². The quantitative estimate of drug-likeness (QED) is 0.571. The number of benzene rings is 1. The smallest absolute Gasteiger partial charge is 0.308 e. The second-order valence-corrected chi connectivity index (χ2v) is 9.77. The Morgan fingerprint density at radius 2 is 1.48 bits per heavy atom. The van der Waals surface area contributed by atoms with Crippen LogP contribution in [0.5, 0.6) is 5.75 Å². The van der Waals surface area contributed by atoms with Gasteiger partial charge in [-0.05, 0) is 74.0 Å². The normalized spacial score (nSPS) is 38.0. The predicted octanol–water partition coefficient (Wildman–Crippen LogP) is 4.14. The van der Waals surface area contributed by atoms with E-state index in [0.717, 1.165) is 24.8 Å². The van der Waals surface area contributed by atoms with Crippen molar-refractivity contribution >= 4 is 11.8 Å². The number of ketones is 1. The Labute approximate surface area is 170 Å². The number of carbonyl (C=O) groups is 2. The first-order valence-electron chi connectivity index (χ1n) is 10.6. The molecule has 4 bridgehead atoms. The molecule has 0 N–H and O–H groups in total. The van der Waals surface area contributed by atoms with Gasteiger partial charge < -0.3 is 4.74 Å². The molecular formula is C24H24N2O3. The van der Waals surface area contributed by atoms with Crippen LogP contribution in [0.3, 0.4) is 0 Å². The third-order valence-electron chi connectivity index (χ3n) is 7.92. The highest BCUT2D eigenvalue weighted by Crippen LogP contribution is 2.70. The van der Waals surface area contributed by atoms with Crippen molar-refractivity contribution in [3.8, 4) is 17.9 Å². The maximum absolute atomic E-state index is 13.8. The molecule has 1 aromatic rings. The molecule has 0 aliphatic heterocycles. The average molecular weight is 388 g/mol. The zero-order valence-electron chi connectivity index (χ0n) is 16.6. The van der Waals surface area contributed by atoms with Crippen LogP contribution < -0.4 is 4.74 Å². The molecule has 0 amide bonds. The lowest BCUT2D eigenvalue weighted by Crippen LogP contribution is -2.50. The largest absolute Gasteiger partial charge is 0.427 e. The van der Waals surface area contributed by atoms with Crippen molar-refractivity contribution in [2.24, 2.45) is 34.5 Å². The van der Waals surface area contributed by atoms with Gasteiger partial charge in [-0.25, -0.2) is 0 Å². The summed E-state index contributed by atoms with van der Waals surface area (Å²) in [6.45, 7) is 1.34. The molecule has 0 unspecified atom stereocenters. The van der Waals surface area contributed by atoms with Crippen molar-refractivity contribution in [1.29, 1.82) is 10.5 Å². The lowest BCUT2D eigenvalue weighted by Gasteiger charge is -2.56. The van der Waals surface area contributed by atoms with Crippen molar-refractivity contribution in [3.05, 3.63) is 29.8 Å². The number of rotatable bonds is 4. The van der Waals surface area contributed by atoms with Crippen LogP contribution in [0.1, 0.15) is 56.9 Å². The molecule has 0 radical (unpaired) electrons. The number of hydrogen-bond donors (Lipinski definition) is 0. The molecular weight excluding hydrogens is 364 g/mol. The molecule has 5 nitrogen and oxygen atoms in total. The van der Waals surface area contributed by atoms with Gasteiger partial charge in [0.1, 0.15) is 11.5 Å². The van der Waals surface area contributed by atoms with Gasteiger partial charge in [-0.15, -0.1) is 0 Å². The average Bonchev–Trinajstić information content (AvgIpc) is 3.35. The van der Waals surface area contributed by atoms with E-state index in [4.69, 9.17) is 4.74 Å². The summed E-state index contributed by atoms with van der Waals surface area (Å²) >= 11 is 0.